The summed E-state index contributed by atoms with van der Waals surface area (Å²) in [6.45, 7) is 6.71. The first kappa shape index (κ1) is 27.4. The number of aryl methyl sites for hydroxylation is 1. The minimum Gasteiger partial charge on any atom is -0.444 e. The van der Waals surface area contributed by atoms with Crippen LogP contribution in [0.25, 0.3) is 11.1 Å². The van der Waals surface area contributed by atoms with E-state index in [9.17, 15) is 27.6 Å². The molecule has 2 aromatic carbocycles. The molecule has 194 valence electrons. The molecule has 37 heavy (non-hydrogen) atoms. The maximum Gasteiger partial charge on any atom is 0.416 e. The van der Waals surface area contributed by atoms with Crippen molar-refractivity contribution in [3.05, 3.63) is 77.6 Å². The molecule has 0 bridgehead atoms. The van der Waals surface area contributed by atoms with Gasteiger partial charge in [-0.3, -0.25) is 19.9 Å². The van der Waals surface area contributed by atoms with E-state index in [1.807, 2.05) is 19.1 Å². The van der Waals surface area contributed by atoms with Gasteiger partial charge >= 0.3 is 12.3 Å². The van der Waals surface area contributed by atoms with Crippen molar-refractivity contribution < 1.29 is 32.3 Å². The van der Waals surface area contributed by atoms with Crippen molar-refractivity contribution in [1.82, 2.24) is 4.98 Å². The number of carbonyl (C=O) groups is 3. The standard InChI is InChI=1S/C27H26F3N3O4/c1-16-12-18(10-11-31-16)17-6-5-7-19(13-17)23(34)15-24(35)32-22-14-20(27(28,29)30)8-9-21(22)33-25(36)37-26(2,3)4/h5-14H,15H2,1-4H3,(H,32,35)(H,33,36). The van der Waals surface area contributed by atoms with Crippen LogP contribution >= 0.6 is 0 Å². The number of hydrogen-bond donors (Lipinski definition) is 2. The molecule has 3 aromatic rings. The molecule has 7 nitrogen and oxygen atoms in total. The van der Waals surface area contributed by atoms with E-state index in [2.05, 4.69) is 15.6 Å². The third kappa shape index (κ3) is 7.89. The number of rotatable bonds is 6. The van der Waals surface area contributed by atoms with Crippen LogP contribution in [-0.2, 0) is 15.7 Å². The minimum absolute atomic E-state index is 0.113. The highest BCUT2D eigenvalue weighted by Crippen LogP contribution is 2.34. The molecular weight excluding hydrogens is 487 g/mol. The van der Waals surface area contributed by atoms with Crippen molar-refractivity contribution in [2.24, 2.45) is 0 Å². The molecule has 0 aliphatic carbocycles. The summed E-state index contributed by atoms with van der Waals surface area (Å²) in [7, 11) is 0. The van der Waals surface area contributed by atoms with Crippen LogP contribution in [-0.4, -0.2) is 28.4 Å². The lowest BCUT2D eigenvalue weighted by atomic mass is 10.0. The zero-order valence-corrected chi connectivity index (χ0v) is 20.7. The van der Waals surface area contributed by atoms with Gasteiger partial charge in [0, 0.05) is 17.5 Å². The number of hydrogen-bond acceptors (Lipinski definition) is 5. The molecule has 0 unspecified atom stereocenters. The van der Waals surface area contributed by atoms with Gasteiger partial charge in [0.1, 0.15) is 5.60 Å². The van der Waals surface area contributed by atoms with Gasteiger partial charge in [0.15, 0.2) is 5.78 Å². The second-order valence-corrected chi connectivity index (χ2v) is 9.30. The molecule has 3 rings (SSSR count). The largest absolute Gasteiger partial charge is 0.444 e. The van der Waals surface area contributed by atoms with Crippen molar-refractivity contribution in [3.63, 3.8) is 0 Å². The van der Waals surface area contributed by atoms with Gasteiger partial charge in [0.25, 0.3) is 0 Å². The van der Waals surface area contributed by atoms with Gasteiger partial charge in [-0.15, -0.1) is 0 Å². The molecule has 2 N–H and O–H groups in total. The molecule has 1 heterocycles. The Balaban J connectivity index is 1.79. The van der Waals surface area contributed by atoms with Crippen LogP contribution in [0.3, 0.4) is 0 Å². The van der Waals surface area contributed by atoms with Crippen LogP contribution in [0.5, 0.6) is 0 Å². The first-order valence-corrected chi connectivity index (χ1v) is 11.3. The second kappa shape index (κ2) is 10.8. The molecular formula is C27H26F3N3O4. The molecule has 0 fully saturated rings. The van der Waals surface area contributed by atoms with Crippen LogP contribution in [0.2, 0.25) is 0 Å². The summed E-state index contributed by atoms with van der Waals surface area (Å²) >= 11 is 0. The SMILES string of the molecule is Cc1cc(-c2cccc(C(=O)CC(=O)Nc3cc(C(F)(F)F)ccc3NC(=O)OC(C)(C)C)c2)ccn1. The number of nitrogens with zero attached hydrogens (tertiary/aromatic N) is 1. The van der Waals surface area contributed by atoms with Crippen LogP contribution in [0.4, 0.5) is 29.3 Å². The molecule has 10 heteroatoms. The van der Waals surface area contributed by atoms with Gasteiger partial charge in [-0.25, -0.2) is 4.79 Å². The average Bonchev–Trinajstić information content (AvgIpc) is 2.78. The molecule has 0 spiro atoms. The fourth-order valence-corrected chi connectivity index (χ4v) is 3.39. The van der Waals surface area contributed by atoms with Gasteiger partial charge in [-0.2, -0.15) is 13.2 Å². The summed E-state index contributed by atoms with van der Waals surface area (Å²) in [5.41, 5.74) is 0.326. The Bertz CT molecular complexity index is 1330. The number of carbonyl (C=O) groups excluding carboxylic acids is 3. The number of pyridine rings is 1. The zero-order valence-electron chi connectivity index (χ0n) is 20.7. The van der Waals surface area contributed by atoms with Gasteiger partial charge in [0.05, 0.1) is 23.4 Å². The zero-order chi connectivity index (χ0) is 27.4. The van der Waals surface area contributed by atoms with Gasteiger partial charge in [-0.1, -0.05) is 18.2 Å². The molecule has 0 aliphatic heterocycles. The predicted molar refractivity (Wildman–Crippen MR) is 133 cm³/mol. The normalized spacial score (nSPS) is 11.5. The van der Waals surface area contributed by atoms with Crippen molar-refractivity contribution >= 4 is 29.2 Å². The Hall–Kier alpha value is -4.21. The Morgan fingerprint density at radius 2 is 1.59 bits per heavy atom. The van der Waals surface area contributed by atoms with E-state index in [-0.39, 0.29) is 16.9 Å². The molecule has 0 atom stereocenters. The van der Waals surface area contributed by atoms with Crippen LogP contribution in [0.15, 0.2) is 60.8 Å². The highest BCUT2D eigenvalue weighted by molar-refractivity contribution is 6.12. The lowest BCUT2D eigenvalue weighted by Gasteiger charge is -2.21. The van der Waals surface area contributed by atoms with Gasteiger partial charge in [-0.05, 0) is 75.2 Å². The van der Waals surface area contributed by atoms with Crippen molar-refractivity contribution in [3.8, 4) is 11.1 Å². The fourth-order valence-electron chi connectivity index (χ4n) is 3.39. The first-order valence-electron chi connectivity index (χ1n) is 11.3. The van der Waals surface area contributed by atoms with E-state index in [0.29, 0.717) is 6.07 Å². The quantitative estimate of drug-likeness (QED) is 0.285. The third-order valence-electron chi connectivity index (χ3n) is 4.99. The lowest BCUT2D eigenvalue weighted by molar-refractivity contribution is -0.137. The number of Topliss-reactive ketones (excluding diaryl/α,β-unsaturated/α-hetero) is 1. The Labute approximate surface area is 212 Å². The van der Waals surface area contributed by atoms with E-state index in [1.165, 1.54) is 0 Å². The first-order chi connectivity index (χ1) is 17.2. The van der Waals surface area contributed by atoms with Crippen molar-refractivity contribution in [2.75, 3.05) is 10.6 Å². The summed E-state index contributed by atoms with van der Waals surface area (Å²) in [6, 6.07) is 12.7. The number of ketones is 1. The van der Waals surface area contributed by atoms with Crippen molar-refractivity contribution in [1.29, 1.82) is 0 Å². The summed E-state index contributed by atoms with van der Waals surface area (Å²) in [4.78, 5) is 41.8. The highest BCUT2D eigenvalue weighted by Gasteiger charge is 2.31. The second-order valence-electron chi connectivity index (χ2n) is 9.30. The van der Waals surface area contributed by atoms with E-state index >= 15 is 0 Å². The summed E-state index contributed by atoms with van der Waals surface area (Å²) in [6.07, 6.45) is -4.58. The molecule has 0 radical (unpaired) electrons. The monoisotopic (exact) mass is 513 g/mol. The van der Waals surface area contributed by atoms with Gasteiger partial charge in [0.2, 0.25) is 5.91 Å². The minimum atomic E-state index is -4.69. The molecule has 0 aliphatic rings. The summed E-state index contributed by atoms with van der Waals surface area (Å²) < 4.78 is 45.0. The van der Waals surface area contributed by atoms with E-state index in [0.717, 1.165) is 29.0 Å². The fraction of sp³-hybridized carbons (Fsp3) is 0.259. The lowest BCUT2D eigenvalue weighted by Crippen LogP contribution is -2.28. The van der Waals surface area contributed by atoms with Gasteiger partial charge < -0.3 is 10.1 Å². The summed E-state index contributed by atoms with van der Waals surface area (Å²) in [5, 5.41) is 4.64. The molecule has 0 saturated heterocycles. The number of amides is 2. The Kier molecular flexibility index (Phi) is 8.00. The van der Waals surface area contributed by atoms with Crippen LogP contribution < -0.4 is 10.6 Å². The number of benzene rings is 2. The Morgan fingerprint density at radius 1 is 0.892 bits per heavy atom. The number of nitrogens with one attached hydrogen (secondary N) is 2. The molecule has 2 amide bonds. The maximum atomic E-state index is 13.3. The maximum absolute atomic E-state index is 13.3. The van der Waals surface area contributed by atoms with Crippen LogP contribution in [0.1, 0.15) is 48.8 Å². The van der Waals surface area contributed by atoms with Crippen molar-refractivity contribution in [2.45, 2.75) is 45.9 Å². The molecule has 0 saturated carbocycles. The number of aromatic nitrogens is 1. The van der Waals surface area contributed by atoms with Crippen LogP contribution in [0, 0.1) is 6.92 Å². The van der Waals surface area contributed by atoms with E-state index < -0.39 is 41.5 Å². The number of anilines is 2. The summed E-state index contributed by atoms with van der Waals surface area (Å²) in [5.74, 6) is -1.37. The Morgan fingerprint density at radius 3 is 2.24 bits per heavy atom. The smallest absolute Gasteiger partial charge is 0.416 e. The number of halogens is 3. The number of ether oxygens (including phenoxy) is 1. The van der Waals surface area contributed by atoms with E-state index in [1.54, 1.807) is 51.2 Å². The topological polar surface area (TPSA) is 97.4 Å². The predicted octanol–water partition coefficient (Wildman–Crippen LogP) is 6.63. The number of alkyl halides is 3. The highest BCUT2D eigenvalue weighted by atomic mass is 19.4. The molecule has 1 aromatic heterocycles. The third-order valence-corrected chi connectivity index (χ3v) is 4.99. The average molecular weight is 514 g/mol. The van der Waals surface area contributed by atoms with E-state index in [4.69, 9.17) is 4.74 Å².